The van der Waals surface area contributed by atoms with E-state index in [0.29, 0.717) is 12.2 Å². The third-order valence-electron chi connectivity index (χ3n) is 3.99. The summed E-state index contributed by atoms with van der Waals surface area (Å²) >= 11 is 0. The van der Waals surface area contributed by atoms with Crippen LogP contribution in [-0.4, -0.2) is 15.6 Å². The first-order valence-corrected chi connectivity index (χ1v) is 6.85. The average molecular weight is 254 g/mol. The topological polar surface area (TPSA) is 34.9 Å². The first kappa shape index (κ1) is 12.2. The van der Waals surface area contributed by atoms with Gasteiger partial charge in [0, 0.05) is 19.2 Å². The SMILES string of the molecule is CCn1cc(CC(=O)C2(c3ccccc3)CC2)cn1. The molecule has 0 aliphatic heterocycles. The maximum Gasteiger partial charge on any atom is 0.147 e. The van der Waals surface area contributed by atoms with Crippen LogP contribution >= 0.6 is 0 Å². The van der Waals surface area contributed by atoms with Gasteiger partial charge in [0.1, 0.15) is 5.78 Å². The molecule has 0 radical (unpaired) electrons. The number of aryl methyl sites for hydroxylation is 1. The third-order valence-corrected chi connectivity index (χ3v) is 3.99. The first-order chi connectivity index (χ1) is 9.24. The normalized spacial score (nSPS) is 16.3. The molecule has 0 bridgehead atoms. The molecule has 1 aromatic heterocycles. The van der Waals surface area contributed by atoms with Gasteiger partial charge in [-0.15, -0.1) is 0 Å². The Morgan fingerprint density at radius 3 is 2.63 bits per heavy atom. The lowest BCUT2D eigenvalue weighted by Crippen LogP contribution is -2.22. The molecule has 3 heteroatoms. The second-order valence-electron chi connectivity index (χ2n) is 5.25. The van der Waals surface area contributed by atoms with Gasteiger partial charge < -0.3 is 0 Å². The van der Waals surface area contributed by atoms with E-state index in [1.807, 2.05) is 42.2 Å². The van der Waals surface area contributed by atoms with Crippen LogP contribution < -0.4 is 0 Å². The van der Waals surface area contributed by atoms with Crippen LogP contribution in [-0.2, 0) is 23.2 Å². The monoisotopic (exact) mass is 254 g/mol. The van der Waals surface area contributed by atoms with Gasteiger partial charge >= 0.3 is 0 Å². The molecular formula is C16H18N2O. The fourth-order valence-corrected chi connectivity index (χ4v) is 2.64. The first-order valence-electron chi connectivity index (χ1n) is 6.85. The van der Waals surface area contributed by atoms with Crippen molar-refractivity contribution in [3.05, 3.63) is 53.9 Å². The molecule has 1 heterocycles. The second-order valence-corrected chi connectivity index (χ2v) is 5.25. The van der Waals surface area contributed by atoms with Crippen molar-refractivity contribution in [2.45, 2.75) is 38.1 Å². The highest BCUT2D eigenvalue weighted by Gasteiger charge is 2.50. The lowest BCUT2D eigenvalue weighted by molar-refractivity contribution is -0.120. The van der Waals surface area contributed by atoms with E-state index in [1.54, 1.807) is 0 Å². The molecular weight excluding hydrogens is 236 g/mol. The number of aromatic nitrogens is 2. The van der Waals surface area contributed by atoms with Crippen molar-refractivity contribution in [1.82, 2.24) is 9.78 Å². The zero-order chi connectivity index (χ0) is 13.3. The van der Waals surface area contributed by atoms with Gasteiger partial charge in [0.15, 0.2) is 0 Å². The maximum absolute atomic E-state index is 12.6. The molecule has 0 atom stereocenters. The van der Waals surface area contributed by atoms with Crippen molar-refractivity contribution >= 4 is 5.78 Å². The summed E-state index contributed by atoms with van der Waals surface area (Å²) in [5.74, 6) is 0.328. The quantitative estimate of drug-likeness (QED) is 0.822. The van der Waals surface area contributed by atoms with Gasteiger partial charge in [0.05, 0.1) is 11.6 Å². The predicted molar refractivity (Wildman–Crippen MR) is 74.0 cm³/mol. The zero-order valence-corrected chi connectivity index (χ0v) is 11.2. The number of nitrogens with zero attached hydrogens (tertiary/aromatic N) is 2. The van der Waals surface area contributed by atoms with Crippen LogP contribution in [0.2, 0.25) is 0 Å². The highest BCUT2D eigenvalue weighted by atomic mass is 16.1. The van der Waals surface area contributed by atoms with Crippen LogP contribution in [0, 0.1) is 0 Å². The number of carbonyl (C=O) groups excluding carboxylic acids is 1. The van der Waals surface area contributed by atoms with Crippen LogP contribution in [0.4, 0.5) is 0 Å². The number of hydrogen-bond acceptors (Lipinski definition) is 2. The van der Waals surface area contributed by atoms with Gasteiger partial charge in [-0.3, -0.25) is 9.48 Å². The van der Waals surface area contributed by atoms with Gasteiger partial charge in [0.25, 0.3) is 0 Å². The minimum atomic E-state index is -0.213. The summed E-state index contributed by atoms with van der Waals surface area (Å²) in [5, 5.41) is 4.23. The molecule has 98 valence electrons. The number of carbonyl (C=O) groups is 1. The van der Waals surface area contributed by atoms with Gasteiger partial charge in [-0.25, -0.2) is 0 Å². The summed E-state index contributed by atoms with van der Waals surface area (Å²) in [6, 6.07) is 10.2. The Labute approximate surface area is 113 Å². The van der Waals surface area contributed by atoms with Crippen molar-refractivity contribution in [2.75, 3.05) is 0 Å². The van der Waals surface area contributed by atoms with Crippen molar-refractivity contribution in [3.8, 4) is 0 Å². The zero-order valence-electron chi connectivity index (χ0n) is 11.2. The van der Waals surface area contributed by atoms with Crippen molar-refractivity contribution in [2.24, 2.45) is 0 Å². The van der Waals surface area contributed by atoms with E-state index in [9.17, 15) is 4.79 Å². The Balaban J connectivity index is 1.77. The van der Waals surface area contributed by atoms with Crippen LogP contribution in [0.3, 0.4) is 0 Å². The fraction of sp³-hybridized carbons (Fsp3) is 0.375. The summed E-state index contributed by atoms with van der Waals surface area (Å²) in [7, 11) is 0. The molecule has 1 aliphatic rings. The highest BCUT2D eigenvalue weighted by molar-refractivity contribution is 5.94. The molecule has 3 rings (SSSR count). The van der Waals surface area contributed by atoms with E-state index in [0.717, 1.165) is 24.9 Å². The van der Waals surface area contributed by atoms with Gasteiger partial charge in [-0.05, 0) is 30.9 Å². The molecule has 2 aromatic rings. The second kappa shape index (κ2) is 4.65. The average Bonchev–Trinajstić information content (AvgIpc) is 3.15. The number of benzene rings is 1. The molecule has 0 saturated heterocycles. The largest absolute Gasteiger partial charge is 0.298 e. The third kappa shape index (κ3) is 2.21. The van der Waals surface area contributed by atoms with E-state index in [4.69, 9.17) is 0 Å². The van der Waals surface area contributed by atoms with Crippen LogP contribution in [0.1, 0.15) is 30.9 Å². The van der Waals surface area contributed by atoms with E-state index < -0.39 is 0 Å². The van der Waals surface area contributed by atoms with Gasteiger partial charge in [0.2, 0.25) is 0 Å². The molecule has 0 spiro atoms. The minimum Gasteiger partial charge on any atom is -0.298 e. The molecule has 1 aromatic carbocycles. The molecule has 1 fully saturated rings. The Bertz CT molecular complexity index is 582. The summed E-state index contributed by atoms with van der Waals surface area (Å²) in [6.07, 6.45) is 6.24. The minimum absolute atomic E-state index is 0.213. The fourth-order valence-electron chi connectivity index (χ4n) is 2.64. The Morgan fingerprint density at radius 1 is 1.32 bits per heavy atom. The van der Waals surface area contributed by atoms with E-state index in [1.165, 1.54) is 5.56 Å². The number of hydrogen-bond donors (Lipinski definition) is 0. The Kier molecular flexibility index (Phi) is 2.97. The molecule has 1 saturated carbocycles. The Hall–Kier alpha value is -1.90. The number of rotatable bonds is 5. The lowest BCUT2D eigenvalue weighted by Gasteiger charge is -2.13. The predicted octanol–water partition coefficient (Wildman–Crippen LogP) is 2.75. The lowest BCUT2D eigenvalue weighted by atomic mass is 9.88. The van der Waals surface area contributed by atoms with Gasteiger partial charge in [-0.2, -0.15) is 5.10 Å². The smallest absolute Gasteiger partial charge is 0.147 e. The van der Waals surface area contributed by atoms with Gasteiger partial charge in [-0.1, -0.05) is 30.3 Å². The molecule has 19 heavy (non-hydrogen) atoms. The highest BCUT2D eigenvalue weighted by Crippen LogP contribution is 2.49. The van der Waals surface area contributed by atoms with E-state index in [-0.39, 0.29) is 5.41 Å². The number of ketones is 1. The number of Topliss-reactive ketones (excluding diaryl/α,β-unsaturated/α-hetero) is 1. The molecule has 0 unspecified atom stereocenters. The molecule has 1 aliphatic carbocycles. The summed E-state index contributed by atoms with van der Waals surface area (Å²) in [6.45, 7) is 2.89. The molecule has 0 amide bonds. The summed E-state index contributed by atoms with van der Waals surface area (Å²) in [4.78, 5) is 12.6. The standard InChI is InChI=1S/C16H18N2O/c1-2-18-12-13(11-17-18)10-15(19)16(8-9-16)14-6-4-3-5-7-14/h3-7,11-12H,2,8-10H2,1H3. The van der Waals surface area contributed by atoms with Crippen molar-refractivity contribution in [1.29, 1.82) is 0 Å². The van der Waals surface area contributed by atoms with Crippen molar-refractivity contribution in [3.63, 3.8) is 0 Å². The van der Waals surface area contributed by atoms with Crippen LogP contribution in [0.15, 0.2) is 42.7 Å². The molecule has 3 nitrogen and oxygen atoms in total. The Morgan fingerprint density at radius 2 is 2.05 bits per heavy atom. The van der Waals surface area contributed by atoms with E-state index in [2.05, 4.69) is 17.2 Å². The maximum atomic E-state index is 12.6. The van der Waals surface area contributed by atoms with Crippen LogP contribution in [0.25, 0.3) is 0 Å². The summed E-state index contributed by atoms with van der Waals surface area (Å²) < 4.78 is 1.87. The molecule has 0 N–H and O–H groups in total. The summed E-state index contributed by atoms with van der Waals surface area (Å²) in [5.41, 5.74) is 1.98. The van der Waals surface area contributed by atoms with Crippen LogP contribution in [0.5, 0.6) is 0 Å². The van der Waals surface area contributed by atoms with Crippen molar-refractivity contribution < 1.29 is 4.79 Å². The van der Waals surface area contributed by atoms with E-state index >= 15 is 0 Å².